The molecule has 0 aromatic carbocycles. The van der Waals surface area contributed by atoms with Crippen LogP contribution in [0.5, 0.6) is 0 Å². The molecule has 3 heteroatoms. The van der Waals surface area contributed by atoms with Gasteiger partial charge in [0.2, 0.25) is 0 Å². The Bertz CT molecular complexity index is 213. The van der Waals surface area contributed by atoms with Gasteiger partial charge < -0.3 is 10.0 Å². The van der Waals surface area contributed by atoms with Gasteiger partial charge in [-0.2, -0.15) is 0 Å². The largest absolute Gasteiger partial charge is 0.392 e. The highest BCUT2D eigenvalue weighted by Crippen LogP contribution is 2.28. The SMILES string of the molecule is CC(C)CN(CCN(C)C)CC(O)C1CCCC1. The Balaban J connectivity index is 2.37. The Morgan fingerprint density at radius 3 is 2.17 bits per heavy atom. The minimum absolute atomic E-state index is 0.117. The molecule has 0 aliphatic heterocycles. The van der Waals surface area contributed by atoms with E-state index in [4.69, 9.17) is 0 Å². The molecule has 0 saturated heterocycles. The summed E-state index contributed by atoms with van der Waals surface area (Å²) in [6, 6.07) is 0. The van der Waals surface area contributed by atoms with Crippen molar-refractivity contribution in [2.45, 2.75) is 45.6 Å². The van der Waals surface area contributed by atoms with Crippen LogP contribution in [0.4, 0.5) is 0 Å². The Kier molecular flexibility index (Phi) is 7.20. The summed E-state index contributed by atoms with van der Waals surface area (Å²) in [7, 11) is 4.22. The third-order valence-corrected chi connectivity index (χ3v) is 3.88. The number of aliphatic hydroxyl groups is 1. The standard InChI is InChI=1S/C15H32N2O/c1-13(2)11-17(10-9-16(3)4)12-15(18)14-7-5-6-8-14/h13-15,18H,5-12H2,1-4H3. The molecule has 1 saturated carbocycles. The van der Waals surface area contributed by atoms with Crippen LogP contribution in [0.3, 0.4) is 0 Å². The van der Waals surface area contributed by atoms with Crippen LogP contribution in [0.25, 0.3) is 0 Å². The fourth-order valence-electron chi connectivity index (χ4n) is 2.87. The van der Waals surface area contributed by atoms with Gasteiger partial charge in [0.15, 0.2) is 0 Å². The summed E-state index contributed by atoms with van der Waals surface area (Å²) in [5.41, 5.74) is 0. The van der Waals surface area contributed by atoms with Crippen molar-refractivity contribution in [2.75, 3.05) is 40.3 Å². The molecule has 0 bridgehead atoms. The Morgan fingerprint density at radius 2 is 1.67 bits per heavy atom. The smallest absolute Gasteiger partial charge is 0.0695 e. The van der Waals surface area contributed by atoms with E-state index in [2.05, 4.69) is 37.7 Å². The van der Waals surface area contributed by atoms with Gasteiger partial charge >= 0.3 is 0 Å². The molecule has 1 aliphatic carbocycles. The summed E-state index contributed by atoms with van der Waals surface area (Å²) >= 11 is 0. The van der Waals surface area contributed by atoms with Crippen LogP contribution in [0, 0.1) is 11.8 Å². The fourth-order valence-corrected chi connectivity index (χ4v) is 2.87. The molecule has 1 atom stereocenters. The molecule has 1 unspecified atom stereocenters. The quantitative estimate of drug-likeness (QED) is 0.720. The van der Waals surface area contributed by atoms with Crippen molar-refractivity contribution in [3.63, 3.8) is 0 Å². The van der Waals surface area contributed by atoms with Crippen molar-refractivity contribution in [1.29, 1.82) is 0 Å². The first-order valence-corrected chi connectivity index (χ1v) is 7.54. The maximum Gasteiger partial charge on any atom is 0.0695 e. The topological polar surface area (TPSA) is 26.7 Å². The number of nitrogens with zero attached hydrogens (tertiary/aromatic N) is 2. The molecule has 0 radical (unpaired) electrons. The number of likely N-dealkylation sites (N-methyl/N-ethyl adjacent to an activating group) is 1. The number of rotatable bonds is 8. The Hall–Kier alpha value is -0.120. The van der Waals surface area contributed by atoms with E-state index < -0.39 is 0 Å². The second kappa shape index (κ2) is 8.13. The van der Waals surface area contributed by atoms with E-state index in [1.165, 1.54) is 25.7 Å². The first kappa shape index (κ1) is 15.9. The van der Waals surface area contributed by atoms with E-state index >= 15 is 0 Å². The molecule has 0 heterocycles. The summed E-state index contributed by atoms with van der Waals surface area (Å²) in [4.78, 5) is 4.66. The highest BCUT2D eigenvalue weighted by molar-refractivity contribution is 4.78. The van der Waals surface area contributed by atoms with Crippen LogP contribution < -0.4 is 0 Å². The number of hydrogen-bond acceptors (Lipinski definition) is 3. The molecule has 18 heavy (non-hydrogen) atoms. The lowest BCUT2D eigenvalue weighted by atomic mass is 10.00. The van der Waals surface area contributed by atoms with Gasteiger partial charge in [-0.3, -0.25) is 4.90 Å². The van der Waals surface area contributed by atoms with Crippen molar-refractivity contribution in [3.8, 4) is 0 Å². The first-order valence-electron chi connectivity index (χ1n) is 7.54. The van der Waals surface area contributed by atoms with E-state index in [1.807, 2.05) is 0 Å². The van der Waals surface area contributed by atoms with Crippen molar-refractivity contribution < 1.29 is 5.11 Å². The molecule has 1 fully saturated rings. The number of aliphatic hydroxyl groups excluding tert-OH is 1. The second-order valence-electron chi connectivity index (χ2n) is 6.57. The third kappa shape index (κ3) is 6.17. The molecule has 3 nitrogen and oxygen atoms in total. The molecule has 0 spiro atoms. The van der Waals surface area contributed by atoms with Gasteiger partial charge in [-0.05, 0) is 38.8 Å². The summed E-state index contributed by atoms with van der Waals surface area (Å²) in [5, 5.41) is 10.3. The van der Waals surface area contributed by atoms with Gasteiger partial charge in [-0.15, -0.1) is 0 Å². The second-order valence-corrected chi connectivity index (χ2v) is 6.57. The van der Waals surface area contributed by atoms with Crippen molar-refractivity contribution in [2.24, 2.45) is 11.8 Å². The van der Waals surface area contributed by atoms with Crippen LogP contribution in [0.1, 0.15) is 39.5 Å². The normalized spacial score (nSPS) is 19.3. The molecular weight excluding hydrogens is 224 g/mol. The van der Waals surface area contributed by atoms with Crippen molar-refractivity contribution in [1.82, 2.24) is 9.80 Å². The lowest BCUT2D eigenvalue weighted by molar-refractivity contribution is 0.0589. The average Bonchev–Trinajstić information content (AvgIpc) is 2.78. The van der Waals surface area contributed by atoms with E-state index in [9.17, 15) is 5.11 Å². The lowest BCUT2D eigenvalue weighted by Crippen LogP contribution is -2.41. The van der Waals surface area contributed by atoms with Gasteiger partial charge in [0.1, 0.15) is 0 Å². The summed E-state index contributed by atoms with van der Waals surface area (Å²) in [6.07, 6.45) is 4.95. The Labute approximate surface area is 113 Å². The van der Waals surface area contributed by atoms with Crippen LogP contribution in [-0.2, 0) is 0 Å². The van der Waals surface area contributed by atoms with Crippen molar-refractivity contribution >= 4 is 0 Å². The van der Waals surface area contributed by atoms with Crippen molar-refractivity contribution in [3.05, 3.63) is 0 Å². The highest BCUT2D eigenvalue weighted by atomic mass is 16.3. The molecule has 1 rings (SSSR count). The predicted molar refractivity (Wildman–Crippen MR) is 77.8 cm³/mol. The van der Waals surface area contributed by atoms with Gasteiger partial charge in [-0.1, -0.05) is 26.7 Å². The van der Waals surface area contributed by atoms with Gasteiger partial charge in [-0.25, -0.2) is 0 Å². The fraction of sp³-hybridized carbons (Fsp3) is 1.00. The van der Waals surface area contributed by atoms with Crippen LogP contribution in [0.2, 0.25) is 0 Å². The van der Waals surface area contributed by atoms with E-state index in [0.717, 1.165) is 26.2 Å². The maximum atomic E-state index is 10.3. The molecule has 1 aliphatic rings. The number of hydrogen-bond donors (Lipinski definition) is 1. The summed E-state index contributed by atoms with van der Waals surface area (Å²) in [5.74, 6) is 1.22. The lowest BCUT2D eigenvalue weighted by Gasteiger charge is -2.30. The molecular formula is C15H32N2O. The van der Waals surface area contributed by atoms with Crippen LogP contribution in [0.15, 0.2) is 0 Å². The van der Waals surface area contributed by atoms with Gasteiger partial charge in [0.05, 0.1) is 6.10 Å². The minimum Gasteiger partial charge on any atom is -0.392 e. The monoisotopic (exact) mass is 256 g/mol. The van der Waals surface area contributed by atoms with E-state index in [0.29, 0.717) is 11.8 Å². The summed E-state index contributed by atoms with van der Waals surface area (Å²) in [6.45, 7) is 8.60. The van der Waals surface area contributed by atoms with E-state index in [1.54, 1.807) is 0 Å². The molecule has 1 N–H and O–H groups in total. The molecule has 0 amide bonds. The molecule has 0 aromatic rings. The van der Waals surface area contributed by atoms with Gasteiger partial charge in [0.25, 0.3) is 0 Å². The van der Waals surface area contributed by atoms with Crippen LogP contribution in [-0.4, -0.2) is 61.3 Å². The van der Waals surface area contributed by atoms with Crippen LogP contribution >= 0.6 is 0 Å². The third-order valence-electron chi connectivity index (χ3n) is 3.88. The first-order chi connectivity index (χ1) is 8.49. The zero-order valence-corrected chi connectivity index (χ0v) is 12.7. The summed E-state index contributed by atoms with van der Waals surface area (Å²) < 4.78 is 0. The zero-order valence-electron chi connectivity index (χ0n) is 12.7. The average molecular weight is 256 g/mol. The predicted octanol–water partition coefficient (Wildman–Crippen LogP) is 2.06. The molecule has 108 valence electrons. The molecule has 0 aromatic heterocycles. The highest BCUT2D eigenvalue weighted by Gasteiger charge is 2.25. The zero-order chi connectivity index (χ0) is 13.5. The van der Waals surface area contributed by atoms with Gasteiger partial charge in [0, 0.05) is 26.2 Å². The maximum absolute atomic E-state index is 10.3. The van der Waals surface area contributed by atoms with E-state index in [-0.39, 0.29) is 6.10 Å². The Morgan fingerprint density at radius 1 is 1.06 bits per heavy atom. The minimum atomic E-state index is -0.117.